The molecule has 0 radical (unpaired) electrons. The van der Waals surface area contributed by atoms with E-state index in [2.05, 4.69) is 5.32 Å². The summed E-state index contributed by atoms with van der Waals surface area (Å²) in [7, 11) is 0. The number of amides is 2. The van der Waals surface area contributed by atoms with E-state index in [1.807, 2.05) is 35.2 Å². The molecule has 7 heteroatoms. The topological polar surface area (TPSA) is 67.9 Å². The lowest BCUT2D eigenvalue weighted by Crippen LogP contribution is -2.35. The number of likely N-dealkylation sites (tertiary alicyclic amines) is 1. The standard InChI is InChI=1S/C23H25ClN2O4/c1-15(27)25-19(16-4-7-18(24)8-5-16)14-23(28)26-10-2-3-20(26)17-6-9-21-22(13-17)30-12-11-29-21/h4-9,13,19-20H,2-3,10-12,14H2,1H3,(H,25,27). The number of nitrogens with one attached hydrogen (secondary N) is 1. The van der Waals surface area contributed by atoms with E-state index >= 15 is 0 Å². The number of carbonyl (C=O) groups is 2. The number of ether oxygens (including phenoxy) is 2. The first-order valence-corrected chi connectivity index (χ1v) is 10.6. The number of fused-ring (bicyclic) bond motifs is 1. The number of halogens is 1. The molecule has 158 valence electrons. The molecular formula is C23H25ClN2O4. The molecule has 0 aromatic heterocycles. The summed E-state index contributed by atoms with van der Waals surface area (Å²) >= 11 is 5.99. The number of hydrogen-bond donors (Lipinski definition) is 1. The van der Waals surface area contributed by atoms with Crippen LogP contribution in [0.3, 0.4) is 0 Å². The Hall–Kier alpha value is -2.73. The van der Waals surface area contributed by atoms with Crippen molar-refractivity contribution in [2.24, 2.45) is 0 Å². The number of benzene rings is 2. The van der Waals surface area contributed by atoms with Crippen LogP contribution in [0.15, 0.2) is 42.5 Å². The van der Waals surface area contributed by atoms with Gasteiger partial charge in [0, 0.05) is 18.5 Å². The second-order valence-corrected chi connectivity index (χ2v) is 8.09. The Balaban J connectivity index is 1.52. The zero-order chi connectivity index (χ0) is 21.1. The summed E-state index contributed by atoms with van der Waals surface area (Å²) in [5, 5.41) is 3.52. The maximum Gasteiger partial charge on any atom is 0.225 e. The monoisotopic (exact) mass is 428 g/mol. The Labute approximate surface area is 181 Å². The quantitative estimate of drug-likeness (QED) is 0.780. The molecule has 0 aliphatic carbocycles. The van der Waals surface area contributed by atoms with Crippen LogP contribution in [0, 0.1) is 0 Å². The normalized spacial score (nSPS) is 18.7. The van der Waals surface area contributed by atoms with Gasteiger partial charge in [0.1, 0.15) is 13.2 Å². The van der Waals surface area contributed by atoms with Gasteiger partial charge in [-0.25, -0.2) is 0 Å². The average Bonchev–Trinajstić information content (AvgIpc) is 3.23. The summed E-state index contributed by atoms with van der Waals surface area (Å²) < 4.78 is 11.3. The van der Waals surface area contributed by atoms with Gasteiger partial charge in [0.15, 0.2) is 11.5 Å². The fourth-order valence-corrected chi connectivity index (χ4v) is 4.29. The molecule has 2 aromatic rings. The first-order valence-electron chi connectivity index (χ1n) is 10.2. The molecular weight excluding hydrogens is 404 g/mol. The molecule has 2 amide bonds. The molecule has 1 fully saturated rings. The fraction of sp³-hybridized carbons (Fsp3) is 0.391. The van der Waals surface area contributed by atoms with Crippen LogP contribution in [0.4, 0.5) is 0 Å². The van der Waals surface area contributed by atoms with Crippen molar-refractivity contribution in [2.75, 3.05) is 19.8 Å². The molecule has 1 N–H and O–H groups in total. The van der Waals surface area contributed by atoms with Crippen LogP contribution in [0.25, 0.3) is 0 Å². The summed E-state index contributed by atoms with van der Waals surface area (Å²) in [5.74, 6) is 1.32. The van der Waals surface area contributed by atoms with Gasteiger partial charge in [0.2, 0.25) is 11.8 Å². The lowest BCUT2D eigenvalue weighted by Gasteiger charge is -2.28. The number of hydrogen-bond acceptors (Lipinski definition) is 4. The third-order valence-corrected chi connectivity index (χ3v) is 5.80. The maximum atomic E-state index is 13.2. The molecule has 4 rings (SSSR count). The molecule has 30 heavy (non-hydrogen) atoms. The molecule has 2 atom stereocenters. The van der Waals surface area contributed by atoms with Crippen molar-refractivity contribution in [3.8, 4) is 11.5 Å². The van der Waals surface area contributed by atoms with Gasteiger partial charge in [-0.15, -0.1) is 0 Å². The van der Waals surface area contributed by atoms with Gasteiger partial charge in [-0.05, 0) is 48.2 Å². The Morgan fingerprint density at radius 2 is 1.87 bits per heavy atom. The van der Waals surface area contributed by atoms with Gasteiger partial charge in [-0.3, -0.25) is 9.59 Å². The third kappa shape index (κ3) is 4.54. The van der Waals surface area contributed by atoms with E-state index in [1.165, 1.54) is 6.92 Å². The highest BCUT2D eigenvalue weighted by atomic mass is 35.5. The molecule has 0 bridgehead atoms. The van der Waals surface area contributed by atoms with Gasteiger partial charge < -0.3 is 19.7 Å². The first kappa shape index (κ1) is 20.5. The van der Waals surface area contributed by atoms with Crippen LogP contribution in [-0.2, 0) is 9.59 Å². The molecule has 2 heterocycles. The van der Waals surface area contributed by atoms with Crippen LogP contribution >= 0.6 is 11.6 Å². The van der Waals surface area contributed by atoms with E-state index in [0.29, 0.717) is 24.8 Å². The smallest absolute Gasteiger partial charge is 0.225 e. The summed E-state index contributed by atoms with van der Waals surface area (Å²) in [6, 6.07) is 12.7. The van der Waals surface area contributed by atoms with E-state index in [9.17, 15) is 9.59 Å². The van der Waals surface area contributed by atoms with Gasteiger partial charge in [0.25, 0.3) is 0 Å². The van der Waals surface area contributed by atoms with Gasteiger partial charge in [-0.1, -0.05) is 29.8 Å². The van der Waals surface area contributed by atoms with Crippen molar-refractivity contribution in [1.82, 2.24) is 10.2 Å². The Bertz CT molecular complexity index is 931. The van der Waals surface area contributed by atoms with Crippen LogP contribution in [0.5, 0.6) is 11.5 Å². The van der Waals surface area contributed by atoms with E-state index < -0.39 is 6.04 Å². The van der Waals surface area contributed by atoms with Crippen molar-refractivity contribution in [2.45, 2.75) is 38.3 Å². The van der Waals surface area contributed by atoms with Crippen LogP contribution in [0.2, 0.25) is 5.02 Å². The first-order chi connectivity index (χ1) is 14.5. The zero-order valence-corrected chi connectivity index (χ0v) is 17.7. The van der Waals surface area contributed by atoms with Crippen molar-refractivity contribution >= 4 is 23.4 Å². The van der Waals surface area contributed by atoms with E-state index in [4.69, 9.17) is 21.1 Å². The minimum atomic E-state index is -0.395. The minimum Gasteiger partial charge on any atom is -0.486 e. The second kappa shape index (κ2) is 8.96. The second-order valence-electron chi connectivity index (χ2n) is 7.66. The van der Waals surface area contributed by atoms with E-state index in [1.54, 1.807) is 12.1 Å². The molecule has 2 aliphatic heterocycles. The van der Waals surface area contributed by atoms with Crippen LogP contribution < -0.4 is 14.8 Å². The van der Waals surface area contributed by atoms with Crippen LogP contribution in [0.1, 0.15) is 49.4 Å². The predicted octanol–water partition coefficient (Wildman–Crippen LogP) is 4.04. The SMILES string of the molecule is CC(=O)NC(CC(=O)N1CCCC1c1ccc2c(c1)OCCO2)c1ccc(Cl)cc1. The Kier molecular flexibility index (Phi) is 6.13. The molecule has 1 saturated heterocycles. The average molecular weight is 429 g/mol. The number of rotatable bonds is 5. The molecule has 6 nitrogen and oxygen atoms in total. The molecule has 0 saturated carbocycles. The molecule has 0 spiro atoms. The van der Waals surface area contributed by atoms with Crippen molar-refractivity contribution in [3.05, 3.63) is 58.6 Å². The Morgan fingerprint density at radius 3 is 2.60 bits per heavy atom. The van der Waals surface area contributed by atoms with Gasteiger partial charge in [-0.2, -0.15) is 0 Å². The Morgan fingerprint density at radius 1 is 1.13 bits per heavy atom. The van der Waals surface area contributed by atoms with Crippen LogP contribution in [-0.4, -0.2) is 36.5 Å². The third-order valence-electron chi connectivity index (χ3n) is 5.55. The number of carbonyl (C=O) groups excluding carboxylic acids is 2. The largest absolute Gasteiger partial charge is 0.486 e. The van der Waals surface area contributed by atoms with Gasteiger partial charge in [0.05, 0.1) is 18.5 Å². The molecule has 2 unspecified atom stereocenters. The summed E-state index contributed by atoms with van der Waals surface area (Å²) in [4.78, 5) is 26.9. The highest BCUT2D eigenvalue weighted by Crippen LogP contribution is 2.38. The maximum absolute atomic E-state index is 13.2. The number of nitrogens with zero attached hydrogens (tertiary/aromatic N) is 1. The van der Waals surface area contributed by atoms with Crippen molar-refractivity contribution in [1.29, 1.82) is 0 Å². The van der Waals surface area contributed by atoms with E-state index in [-0.39, 0.29) is 24.3 Å². The van der Waals surface area contributed by atoms with Crippen molar-refractivity contribution < 1.29 is 19.1 Å². The fourth-order valence-electron chi connectivity index (χ4n) is 4.16. The summed E-state index contributed by atoms with van der Waals surface area (Å²) in [5.41, 5.74) is 1.91. The summed E-state index contributed by atoms with van der Waals surface area (Å²) in [6.45, 7) is 3.24. The highest BCUT2D eigenvalue weighted by Gasteiger charge is 2.32. The van der Waals surface area contributed by atoms with E-state index in [0.717, 1.165) is 35.5 Å². The zero-order valence-electron chi connectivity index (χ0n) is 16.9. The lowest BCUT2D eigenvalue weighted by molar-refractivity contribution is -0.133. The summed E-state index contributed by atoms with van der Waals surface area (Å²) in [6.07, 6.45) is 2.04. The molecule has 2 aliphatic rings. The lowest BCUT2D eigenvalue weighted by atomic mass is 10.0. The minimum absolute atomic E-state index is 0.00322. The highest BCUT2D eigenvalue weighted by molar-refractivity contribution is 6.30. The van der Waals surface area contributed by atoms with Crippen molar-refractivity contribution in [3.63, 3.8) is 0 Å². The molecule has 2 aromatic carbocycles. The van der Waals surface area contributed by atoms with Gasteiger partial charge >= 0.3 is 0 Å². The predicted molar refractivity (Wildman–Crippen MR) is 114 cm³/mol.